The molecule has 1 fully saturated rings. The number of nitrogens with one attached hydrogen (secondary N) is 2. The Labute approximate surface area is 170 Å². The van der Waals surface area contributed by atoms with Crippen LogP contribution in [-0.4, -0.2) is 28.0 Å². The highest BCUT2D eigenvalue weighted by Crippen LogP contribution is 2.31. The van der Waals surface area contributed by atoms with Crippen LogP contribution in [0.1, 0.15) is 43.2 Å². The third kappa shape index (κ3) is 4.59. The molecule has 29 heavy (non-hydrogen) atoms. The second kappa shape index (κ2) is 8.66. The molecule has 1 saturated carbocycles. The van der Waals surface area contributed by atoms with Gasteiger partial charge in [0.1, 0.15) is 17.1 Å². The normalized spacial score (nSPS) is 15.9. The molecule has 0 radical (unpaired) electrons. The molecule has 6 heteroatoms. The van der Waals surface area contributed by atoms with E-state index in [0.29, 0.717) is 6.42 Å². The standard InChI is InChI=1S/C23H28N4O2/c1-15-14-26-22-21(15)20(11-12-25-22)29-18-9-7-16(8-10-18)13-19(24)23(28)27-17-5-3-2-4-6-17/h7-12,14,17,19H,2-6,13,24H2,1H3,(H,25,26)(H,27,28)/t19-/m0/s1. The fraction of sp³-hybridized carbons (Fsp3) is 0.391. The van der Waals surface area contributed by atoms with Gasteiger partial charge in [-0.3, -0.25) is 4.79 Å². The van der Waals surface area contributed by atoms with Gasteiger partial charge in [0.15, 0.2) is 0 Å². The molecule has 4 N–H and O–H groups in total. The van der Waals surface area contributed by atoms with Crippen molar-refractivity contribution in [2.45, 2.75) is 57.5 Å². The first kappa shape index (κ1) is 19.5. The lowest BCUT2D eigenvalue weighted by Gasteiger charge is -2.24. The molecule has 1 atom stereocenters. The van der Waals surface area contributed by atoms with Gasteiger partial charge in [-0.2, -0.15) is 0 Å². The van der Waals surface area contributed by atoms with Crippen LogP contribution in [0, 0.1) is 6.92 Å². The monoisotopic (exact) mass is 392 g/mol. The van der Waals surface area contributed by atoms with Crippen LogP contribution >= 0.6 is 0 Å². The molecule has 0 spiro atoms. The number of aromatic nitrogens is 2. The number of pyridine rings is 1. The Morgan fingerprint density at radius 1 is 1.24 bits per heavy atom. The summed E-state index contributed by atoms with van der Waals surface area (Å²) in [5.74, 6) is 1.45. The van der Waals surface area contributed by atoms with E-state index >= 15 is 0 Å². The molecule has 1 aliphatic carbocycles. The molecule has 1 aliphatic rings. The van der Waals surface area contributed by atoms with E-state index in [1.807, 2.05) is 43.5 Å². The quantitative estimate of drug-likeness (QED) is 0.591. The van der Waals surface area contributed by atoms with Gasteiger partial charge in [-0.15, -0.1) is 0 Å². The molecule has 0 saturated heterocycles. The predicted molar refractivity (Wildman–Crippen MR) is 114 cm³/mol. The number of nitrogens with zero attached hydrogens (tertiary/aromatic N) is 1. The summed E-state index contributed by atoms with van der Waals surface area (Å²) in [6, 6.07) is 9.36. The van der Waals surface area contributed by atoms with E-state index in [0.717, 1.165) is 46.5 Å². The van der Waals surface area contributed by atoms with Crippen LogP contribution in [0.5, 0.6) is 11.5 Å². The number of H-pyrrole nitrogens is 1. The Morgan fingerprint density at radius 3 is 2.76 bits per heavy atom. The zero-order valence-corrected chi connectivity index (χ0v) is 16.8. The third-order valence-corrected chi connectivity index (χ3v) is 5.63. The average molecular weight is 393 g/mol. The number of aryl methyl sites for hydroxylation is 1. The van der Waals surface area contributed by atoms with Crippen LogP contribution in [0.4, 0.5) is 0 Å². The molecule has 0 bridgehead atoms. The summed E-state index contributed by atoms with van der Waals surface area (Å²) >= 11 is 0. The average Bonchev–Trinajstić information content (AvgIpc) is 3.12. The van der Waals surface area contributed by atoms with E-state index in [1.165, 1.54) is 19.3 Å². The fourth-order valence-corrected chi connectivity index (χ4v) is 3.99. The summed E-state index contributed by atoms with van der Waals surface area (Å²) < 4.78 is 6.07. The lowest BCUT2D eigenvalue weighted by Crippen LogP contribution is -2.46. The number of benzene rings is 1. The zero-order valence-electron chi connectivity index (χ0n) is 16.8. The van der Waals surface area contributed by atoms with E-state index in [9.17, 15) is 4.79 Å². The van der Waals surface area contributed by atoms with Gasteiger partial charge in [-0.05, 0) is 55.5 Å². The van der Waals surface area contributed by atoms with E-state index in [1.54, 1.807) is 6.20 Å². The molecule has 0 aliphatic heterocycles. The van der Waals surface area contributed by atoms with Crippen LogP contribution in [0.2, 0.25) is 0 Å². The van der Waals surface area contributed by atoms with Crippen molar-refractivity contribution < 1.29 is 9.53 Å². The van der Waals surface area contributed by atoms with Gasteiger partial charge in [-0.25, -0.2) is 4.98 Å². The molecule has 4 rings (SSSR count). The van der Waals surface area contributed by atoms with Gasteiger partial charge >= 0.3 is 0 Å². The number of nitrogens with two attached hydrogens (primary N) is 1. The largest absolute Gasteiger partial charge is 0.457 e. The van der Waals surface area contributed by atoms with E-state index in [4.69, 9.17) is 10.5 Å². The van der Waals surface area contributed by atoms with E-state index < -0.39 is 6.04 Å². The van der Waals surface area contributed by atoms with Gasteiger partial charge in [-0.1, -0.05) is 31.4 Å². The Bertz CT molecular complexity index is 974. The summed E-state index contributed by atoms with van der Waals surface area (Å²) in [4.78, 5) is 19.8. The minimum absolute atomic E-state index is 0.0562. The topological polar surface area (TPSA) is 93.0 Å². The number of amides is 1. The Kier molecular flexibility index (Phi) is 5.81. The van der Waals surface area contributed by atoms with Gasteiger partial charge < -0.3 is 20.8 Å². The first-order valence-electron chi connectivity index (χ1n) is 10.4. The van der Waals surface area contributed by atoms with Crippen molar-refractivity contribution in [2.75, 3.05) is 0 Å². The molecular weight excluding hydrogens is 364 g/mol. The summed E-state index contributed by atoms with van der Waals surface area (Å²) in [5.41, 5.74) is 9.06. The maximum Gasteiger partial charge on any atom is 0.237 e. The molecule has 1 aromatic carbocycles. The van der Waals surface area contributed by atoms with Crippen molar-refractivity contribution in [2.24, 2.45) is 5.73 Å². The maximum atomic E-state index is 12.4. The van der Waals surface area contributed by atoms with Gasteiger partial charge in [0.25, 0.3) is 0 Å². The second-order valence-corrected chi connectivity index (χ2v) is 7.90. The predicted octanol–water partition coefficient (Wildman–Crippen LogP) is 3.98. The maximum absolute atomic E-state index is 12.4. The number of hydrogen-bond acceptors (Lipinski definition) is 4. The minimum Gasteiger partial charge on any atom is -0.457 e. The van der Waals surface area contributed by atoms with Crippen molar-refractivity contribution in [1.29, 1.82) is 0 Å². The molecule has 6 nitrogen and oxygen atoms in total. The third-order valence-electron chi connectivity index (χ3n) is 5.63. The summed E-state index contributed by atoms with van der Waals surface area (Å²) in [6.07, 6.45) is 9.93. The fourth-order valence-electron chi connectivity index (χ4n) is 3.99. The van der Waals surface area contributed by atoms with Crippen LogP contribution in [0.15, 0.2) is 42.7 Å². The number of carbonyl (C=O) groups excluding carboxylic acids is 1. The summed E-state index contributed by atoms with van der Waals surface area (Å²) in [5, 5.41) is 4.09. The number of hydrogen-bond donors (Lipinski definition) is 3. The first-order chi connectivity index (χ1) is 14.1. The minimum atomic E-state index is -0.536. The molecule has 1 amide bonds. The van der Waals surface area contributed by atoms with Crippen LogP contribution in [-0.2, 0) is 11.2 Å². The summed E-state index contributed by atoms with van der Waals surface area (Å²) in [6.45, 7) is 2.02. The van der Waals surface area contributed by atoms with Gasteiger partial charge in [0, 0.05) is 18.4 Å². The highest BCUT2D eigenvalue weighted by molar-refractivity contribution is 5.86. The van der Waals surface area contributed by atoms with Crippen molar-refractivity contribution in [3.8, 4) is 11.5 Å². The zero-order chi connectivity index (χ0) is 20.2. The van der Waals surface area contributed by atoms with Gasteiger partial charge in [0.2, 0.25) is 5.91 Å². The summed E-state index contributed by atoms with van der Waals surface area (Å²) in [7, 11) is 0. The Hall–Kier alpha value is -2.86. The van der Waals surface area contributed by atoms with Crippen molar-refractivity contribution in [1.82, 2.24) is 15.3 Å². The highest BCUT2D eigenvalue weighted by Gasteiger charge is 2.20. The van der Waals surface area contributed by atoms with Crippen LogP contribution in [0.3, 0.4) is 0 Å². The van der Waals surface area contributed by atoms with Crippen molar-refractivity contribution in [3.05, 3.63) is 53.9 Å². The molecular formula is C23H28N4O2. The Balaban J connectivity index is 1.37. The lowest BCUT2D eigenvalue weighted by atomic mass is 9.95. The SMILES string of the molecule is Cc1c[nH]c2nccc(Oc3ccc(C[C@H](N)C(=O)NC4CCCCC4)cc3)c12. The Morgan fingerprint density at radius 2 is 2.00 bits per heavy atom. The first-order valence-corrected chi connectivity index (χ1v) is 10.4. The molecule has 0 unspecified atom stereocenters. The number of rotatable bonds is 6. The molecule has 152 valence electrons. The van der Waals surface area contributed by atoms with Crippen molar-refractivity contribution in [3.63, 3.8) is 0 Å². The molecule has 2 heterocycles. The van der Waals surface area contributed by atoms with Crippen LogP contribution in [0.25, 0.3) is 11.0 Å². The van der Waals surface area contributed by atoms with E-state index in [-0.39, 0.29) is 11.9 Å². The number of carbonyl (C=O) groups is 1. The van der Waals surface area contributed by atoms with E-state index in [2.05, 4.69) is 15.3 Å². The second-order valence-electron chi connectivity index (χ2n) is 7.90. The lowest BCUT2D eigenvalue weighted by molar-refractivity contribution is -0.123. The number of aromatic amines is 1. The van der Waals surface area contributed by atoms with Crippen LogP contribution < -0.4 is 15.8 Å². The number of fused-ring (bicyclic) bond motifs is 1. The van der Waals surface area contributed by atoms with Gasteiger partial charge in [0.05, 0.1) is 11.4 Å². The number of ether oxygens (including phenoxy) is 1. The van der Waals surface area contributed by atoms with Crippen molar-refractivity contribution >= 4 is 16.9 Å². The molecule has 3 aromatic rings. The highest BCUT2D eigenvalue weighted by atomic mass is 16.5. The molecule has 2 aromatic heterocycles. The smallest absolute Gasteiger partial charge is 0.237 e.